The van der Waals surface area contributed by atoms with Crippen molar-refractivity contribution in [1.82, 2.24) is 0 Å². The van der Waals surface area contributed by atoms with E-state index in [2.05, 4.69) is 0 Å². The van der Waals surface area contributed by atoms with Crippen LogP contribution >= 0.6 is 0 Å². The van der Waals surface area contributed by atoms with Crippen LogP contribution < -0.4 is 0 Å². The molecule has 0 aliphatic carbocycles. The number of hydrogen-bond acceptors (Lipinski definition) is 2. The standard InChI is InChI=1S/C8H12O2/c1-9-6-2-4-8-5-3-7-10-8/h3,5,7H,2,4,6H2,1H3. The molecule has 0 radical (unpaired) electrons. The van der Waals surface area contributed by atoms with Gasteiger partial charge in [-0.05, 0) is 18.6 Å². The van der Waals surface area contributed by atoms with E-state index in [1.54, 1.807) is 13.4 Å². The van der Waals surface area contributed by atoms with Crippen LogP contribution in [0.4, 0.5) is 0 Å². The predicted octanol–water partition coefficient (Wildman–Crippen LogP) is 1.86. The average Bonchev–Trinajstić information content (AvgIpc) is 2.41. The highest BCUT2D eigenvalue weighted by atomic mass is 16.5. The molecule has 1 heterocycles. The average molecular weight is 140 g/mol. The second-order valence-corrected chi connectivity index (χ2v) is 2.18. The van der Waals surface area contributed by atoms with Gasteiger partial charge in [0.15, 0.2) is 0 Å². The van der Waals surface area contributed by atoms with Gasteiger partial charge in [0.05, 0.1) is 6.26 Å². The minimum Gasteiger partial charge on any atom is -0.469 e. The Morgan fingerprint density at radius 1 is 1.60 bits per heavy atom. The molecule has 0 saturated heterocycles. The van der Waals surface area contributed by atoms with Crippen LogP contribution in [0.2, 0.25) is 0 Å². The van der Waals surface area contributed by atoms with Gasteiger partial charge in [0.25, 0.3) is 0 Å². The smallest absolute Gasteiger partial charge is 0.103 e. The second kappa shape index (κ2) is 4.12. The summed E-state index contributed by atoms with van der Waals surface area (Å²) in [5.74, 6) is 1.04. The molecule has 0 atom stereocenters. The van der Waals surface area contributed by atoms with Crippen molar-refractivity contribution in [2.45, 2.75) is 12.8 Å². The zero-order valence-electron chi connectivity index (χ0n) is 6.17. The summed E-state index contributed by atoms with van der Waals surface area (Å²) in [4.78, 5) is 0. The zero-order valence-corrected chi connectivity index (χ0v) is 6.17. The molecule has 0 aliphatic heterocycles. The van der Waals surface area contributed by atoms with Gasteiger partial charge in [-0.3, -0.25) is 0 Å². The Morgan fingerprint density at radius 3 is 3.10 bits per heavy atom. The van der Waals surface area contributed by atoms with Crippen LogP contribution in [-0.2, 0) is 11.2 Å². The summed E-state index contributed by atoms with van der Waals surface area (Å²) in [6, 6.07) is 3.89. The summed E-state index contributed by atoms with van der Waals surface area (Å²) < 4.78 is 10.0. The number of ether oxygens (including phenoxy) is 1. The molecule has 1 aromatic rings. The lowest BCUT2D eigenvalue weighted by Crippen LogP contribution is -1.90. The molecule has 0 saturated carbocycles. The van der Waals surface area contributed by atoms with Gasteiger partial charge in [-0.1, -0.05) is 0 Å². The van der Waals surface area contributed by atoms with Crippen LogP contribution in [-0.4, -0.2) is 13.7 Å². The fourth-order valence-corrected chi connectivity index (χ4v) is 0.846. The minimum absolute atomic E-state index is 0.806. The molecule has 10 heavy (non-hydrogen) atoms. The largest absolute Gasteiger partial charge is 0.469 e. The van der Waals surface area contributed by atoms with Gasteiger partial charge in [-0.2, -0.15) is 0 Å². The summed E-state index contributed by atoms with van der Waals surface area (Å²) in [7, 11) is 1.71. The lowest BCUT2D eigenvalue weighted by Gasteiger charge is -1.94. The Bertz CT molecular complexity index is 156. The molecule has 1 aromatic heterocycles. The molecule has 2 heteroatoms. The fraction of sp³-hybridized carbons (Fsp3) is 0.500. The number of aryl methyl sites for hydroxylation is 1. The van der Waals surface area contributed by atoms with Crippen LogP contribution in [0.15, 0.2) is 22.8 Å². The minimum atomic E-state index is 0.806. The van der Waals surface area contributed by atoms with Crippen LogP contribution in [0, 0.1) is 0 Å². The molecule has 0 unspecified atom stereocenters. The van der Waals surface area contributed by atoms with Crippen LogP contribution in [0.5, 0.6) is 0 Å². The third-order valence-corrected chi connectivity index (χ3v) is 1.35. The highest BCUT2D eigenvalue weighted by Crippen LogP contribution is 2.02. The van der Waals surface area contributed by atoms with Crippen LogP contribution in [0.25, 0.3) is 0 Å². The molecule has 1 rings (SSSR count). The van der Waals surface area contributed by atoms with Crippen molar-refractivity contribution < 1.29 is 9.15 Å². The van der Waals surface area contributed by atoms with Gasteiger partial charge in [0.2, 0.25) is 0 Å². The fourth-order valence-electron chi connectivity index (χ4n) is 0.846. The van der Waals surface area contributed by atoms with Gasteiger partial charge < -0.3 is 9.15 Å². The van der Waals surface area contributed by atoms with Gasteiger partial charge in [0.1, 0.15) is 5.76 Å². The molecule has 0 aromatic carbocycles. The summed E-state index contributed by atoms with van der Waals surface area (Å²) in [5, 5.41) is 0. The highest BCUT2D eigenvalue weighted by molar-refractivity contribution is 4.97. The monoisotopic (exact) mass is 140 g/mol. The van der Waals surface area contributed by atoms with Crippen LogP contribution in [0.1, 0.15) is 12.2 Å². The number of furan rings is 1. The quantitative estimate of drug-likeness (QED) is 0.595. The topological polar surface area (TPSA) is 22.4 Å². The molecule has 0 amide bonds. The van der Waals surface area contributed by atoms with E-state index in [0.717, 1.165) is 25.2 Å². The van der Waals surface area contributed by atoms with Crippen molar-refractivity contribution in [3.05, 3.63) is 24.2 Å². The molecule has 0 spiro atoms. The molecule has 0 fully saturated rings. The molecular formula is C8H12O2. The van der Waals surface area contributed by atoms with Crippen molar-refractivity contribution in [3.63, 3.8) is 0 Å². The summed E-state index contributed by atoms with van der Waals surface area (Å²) in [6.07, 6.45) is 3.70. The van der Waals surface area contributed by atoms with E-state index in [1.807, 2.05) is 12.1 Å². The lowest BCUT2D eigenvalue weighted by atomic mass is 10.3. The van der Waals surface area contributed by atoms with Crippen molar-refractivity contribution in [2.75, 3.05) is 13.7 Å². The van der Waals surface area contributed by atoms with Gasteiger partial charge >= 0.3 is 0 Å². The summed E-state index contributed by atoms with van der Waals surface area (Å²) in [5.41, 5.74) is 0. The van der Waals surface area contributed by atoms with E-state index in [9.17, 15) is 0 Å². The van der Waals surface area contributed by atoms with Gasteiger partial charge in [0, 0.05) is 20.1 Å². The van der Waals surface area contributed by atoms with Crippen molar-refractivity contribution >= 4 is 0 Å². The Morgan fingerprint density at radius 2 is 2.50 bits per heavy atom. The van der Waals surface area contributed by atoms with Crippen molar-refractivity contribution in [3.8, 4) is 0 Å². The Hall–Kier alpha value is -0.760. The molecular weight excluding hydrogens is 128 g/mol. The number of methoxy groups -OCH3 is 1. The van der Waals surface area contributed by atoms with E-state index >= 15 is 0 Å². The van der Waals surface area contributed by atoms with Crippen LogP contribution in [0.3, 0.4) is 0 Å². The highest BCUT2D eigenvalue weighted by Gasteiger charge is 1.93. The molecule has 0 N–H and O–H groups in total. The Kier molecular flexibility index (Phi) is 3.03. The van der Waals surface area contributed by atoms with Crippen molar-refractivity contribution in [2.24, 2.45) is 0 Å². The van der Waals surface area contributed by atoms with E-state index < -0.39 is 0 Å². The SMILES string of the molecule is COCCCc1ccco1. The first-order valence-corrected chi connectivity index (χ1v) is 3.45. The maximum atomic E-state index is 5.12. The Labute approximate surface area is 60.8 Å². The molecule has 56 valence electrons. The molecule has 2 nitrogen and oxygen atoms in total. The van der Waals surface area contributed by atoms with Gasteiger partial charge in [-0.15, -0.1) is 0 Å². The first kappa shape index (κ1) is 7.35. The first-order chi connectivity index (χ1) is 4.93. The van der Waals surface area contributed by atoms with E-state index in [-0.39, 0.29) is 0 Å². The predicted molar refractivity (Wildman–Crippen MR) is 38.9 cm³/mol. The summed E-state index contributed by atoms with van der Waals surface area (Å²) >= 11 is 0. The van der Waals surface area contributed by atoms with Crippen molar-refractivity contribution in [1.29, 1.82) is 0 Å². The maximum Gasteiger partial charge on any atom is 0.103 e. The summed E-state index contributed by atoms with van der Waals surface area (Å²) in [6.45, 7) is 0.806. The normalized spacial score (nSPS) is 10.1. The van der Waals surface area contributed by atoms with E-state index in [4.69, 9.17) is 9.15 Å². The third-order valence-electron chi connectivity index (χ3n) is 1.35. The molecule has 0 bridgehead atoms. The van der Waals surface area contributed by atoms with E-state index in [0.29, 0.717) is 0 Å². The first-order valence-electron chi connectivity index (χ1n) is 3.45. The van der Waals surface area contributed by atoms with Gasteiger partial charge in [-0.25, -0.2) is 0 Å². The zero-order chi connectivity index (χ0) is 7.23. The lowest BCUT2D eigenvalue weighted by molar-refractivity contribution is 0.193. The number of rotatable bonds is 4. The van der Waals surface area contributed by atoms with E-state index in [1.165, 1.54) is 0 Å². The third kappa shape index (κ3) is 2.23. The molecule has 0 aliphatic rings. The maximum absolute atomic E-state index is 5.12. The Balaban J connectivity index is 2.15. The number of hydrogen-bond donors (Lipinski definition) is 0. The second-order valence-electron chi connectivity index (χ2n) is 2.18.